The first-order chi connectivity index (χ1) is 9.77. The van der Waals surface area contributed by atoms with Crippen molar-refractivity contribution in [2.75, 3.05) is 12.4 Å². The number of ether oxygens (including phenoxy) is 1. The van der Waals surface area contributed by atoms with Crippen LogP contribution in [0.1, 0.15) is 26.3 Å². The van der Waals surface area contributed by atoms with Gasteiger partial charge in [-0.2, -0.15) is 0 Å². The summed E-state index contributed by atoms with van der Waals surface area (Å²) >= 11 is 5.12. The first-order valence-electron chi connectivity index (χ1n) is 6.80. The van der Waals surface area contributed by atoms with E-state index in [0.29, 0.717) is 12.4 Å². The van der Waals surface area contributed by atoms with Gasteiger partial charge in [0.15, 0.2) is 0 Å². The minimum Gasteiger partial charge on any atom is -0.490 e. The molecule has 1 aliphatic heterocycles. The van der Waals surface area contributed by atoms with Crippen molar-refractivity contribution in [3.05, 3.63) is 28.2 Å². The fourth-order valence-corrected chi connectivity index (χ4v) is 3.60. The monoisotopic (exact) mass is 373 g/mol. The minimum atomic E-state index is -0.805. The molecule has 0 radical (unpaired) electrons. The van der Waals surface area contributed by atoms with E-state index in [9.17, 15) is 4.79 Å². The van der Waals surface area contributed by atoms with E-state index in [1.165, 1.54) is 5.56 Å². The molecule has 0 spiro atoms. The average Bonchev–Trinajstić information content (AvgIpc) is 2.85. The quantitative estimate of drug-likeness (QED) is 0.848. The Balaban J connectivity index is 1.94. The lowest BCUT2D eigenvalue weighted by Gasteiger charge is -2.20. The number of aliphatic carboxylic acids is 1. The maximum atomic E-state index is 10.9. The average molecular weight is 374 g/mol. The van der Waals surface area contributed by atoms with Crippen LogP contribution in [-0.4, -0.2) is 34.9 Å². The normalized spacial score (nSPS) is 22.3. The molecular weight excluding hydrogens is 354 g/mol. The minimum absolute atomic E-state index is 0.0142. The Hall–Kier alpha value is -0.720. The summed E-state index contributed by atoms with van der Waals surface area (Å²) in [6.45, 7) is 6.95. The van der Waals surface area contributed by atoms with E-state index in [0.717, 1.165) is 10.2 Å². The summed E-state index contributed by atoms with van der Waals surface area (Å²) in [6, 6.07) is 5.62. The van der Waals surface area contributed by atoms with Crippen LogP contribution in [0, 0.1) is 0 Å². The van der Waals surface area contributed by atoms with Gasteiger partial charge in [0, 0.05) is 5.75 Å². The van der Waals surface area contributed by atoms with E-state index in [1.54, 1.807) is 11.8 Å². The second-order valence-corrected chi connectivity index (χ2v) is 8.18. The van der Waals surface area contributed by atoms with Gasteiger partial charge in [0.25, 0.3) is 0 Å². The van der Waals surface area contributed by atoms with E-state index >= 15 is 0 Å². The third-order valence-electron chi connectivity index (χ3n) is 3.34. The molecule has 6 heteroatoms. The van der Waals surface area contributed by atoms with E-state index in [2.05, 4.69) is 54.2 Å². The number of halogens is 1. The van der Waals surface area contributed by atoms with Gasteiger partial charge in [0.1, 0.15) is 18.4 Å². The summed E-state index contributed by atoms with van der Waals surface area (Å²) in [5.74, 6) is 0.554. The number of benzene rings is 1. The lowest BCUT2D eigenvalue weighted by Crippen LogP contribution is -2.38. The van der Waals surface area contributed by atoms with E-state index in [-0.39, 0.29) is 10.8 Å². The molecule has 0 aromatic heterocycles. The zero-order valence-electron chi connectivity index (χ0n) is 12.4. The third-order valence-corrected chi connectivity index (χ3v) is 5.16. The molecule has 0 saturated carbocycles. The second kappa shape index (κ2) is 6.58. The van der Waals surface area contributed by atoms with Crippen LogP contribution in [0.2, 0.25) is 0 Å². The molecule has 0 bridgehead atoms. The Labute approximate surface area is 137 Å². The molecule has 116 valence electrons. The highest BCUT2D eigenvalue weighted by atomic mass is 79.9. The molecule has 2 N–H and O–H groups in total. The van der Waals surface area contributed by atoms with Gasteiger partial charge in [-0.05, 0) is 39.0 Å². The predicted octanol–water partition coefficient (Wildman–Crippen LogP) is 3.24. The van der Waals surface area contributed by atoms with E-state index < -0.39 is 12.0 Å². The van der Waals surface area contributed by atoms with Crippen LogP contribution >= 0.6 is 27.7 Å². The number of carboxylic acids is 1. The molecule has 2 rings (SSSR count). The van der Waals surface area contributed by atoms with Crippen LogP contribution in [0.15, 0.2) is 22.7 Å². The van der Waals surface area contributed by atoms with Crippen molar-refractivity contribution in [2.45, 2.75) is 37.6 Å². The summed E-state index contributed by atoms with van der Waals surface area (Å²) in [5, 5.41) is 12.0. The van der Waals surface area contributed by atoms with Crippen LogP contribution in [-0.2, 0) is 10.2 Å². The highest BCUT2D eigenvalue weighted by Gasteiger charge is 2.29. The Bertz CT molecular complexity index is 530. The van der Waals surface area contributed by atoms with Crippen LogP contribution in [0.3, 0.4) is 0 Å². The zero-order chi connectivity index (χ0) is 15.6. The van der Waals surface area contributed by atoms with Crippen molar-refractivity contribution in [3.8, 4) is 5.75 Å². The molecule has 4 nitrogen and oxygen atoms in total. The molecule has 1 aliphatic rings. The second-order valence-electron chi connectivity index (χ2n) is 6.09. The van der Waals surface area contributed by atoms with Crippen LogP contribution in [0.4, 0.5) is 0 Å². The Morgan fingerprint density at radius 2 is 2.24 bits per heavy atom. The molecule has 0 amide bonds. The smallest absolute Gasteiger partial charge is 0.321 e. The Morgan fingerprint density at radius 1 is 1.52 bits per heavy atom. The van der Waals surface area contributed by atoms with Gasteiger partial charge >= 0.3 is 5.97 Å². The predicted molar refractivity (Wildman–Crippen MR) is 89.1 cm³/mol. The number of hydrogen-bond donors (Lipinski definition) is 2. The maximum absolute atomic E-state index is 10.9. The van der Waals surface area contributed by atoms with Gasteiger partial charge in [-0.15, -0.1) is 11.8 Å². The fourth-order valence-electron chi connectivity index (χ4n) is 2.02. The first kappa shape index (κ1) is 16.6. The highest BCUT2D eigenvalue weighted by molar-refractivity contribution is 9.10. The SMILES string of the molecule is CC(C)(C)c1ccc(OCC2NC(C(=O)O)CS2)c(Br)c1. The van der Waals surface area contributed by atoms with Gasteiger partial charge < -0.3 is 9.84 Å². The Morgan fingerprint density at radius 3 is 2.76 bits per heavy atom. The molecule has 2 unspecified atom stereocenters. The number of nitrogens with one attached hydrogen (secondary N) is 1. The van der Waals surface area contributed by atoms with Crippen molar-refractivity contribution in [2.24, 2.45) is 0 Å². The largest absolute Gasteiger partial charge is 0.490 e. The van der Waals surface area contributed by atoms with Gasteiger partial charge in [-0.3, -0.25) is 10.1 Å². The molecular formula is C15H20BrNO3S. The number of carboxylic acid groups (broad SMARTS) is 1. The van der Waals surface area contributed by atoms with Crippen LogP contribution in [0.25, 0.3) is 0 Å². The first-order valence-corrected chi connectivity index (χ1v) is 8.65. The lowest BCUT2D eigenvalue weighted by atomic mass is 9.87. The van der Waals surface area contributed by atoms with Crippen molar-refractivity contribution in [1.82, 2.24) is 5.32 Å². The van der Waals surface area contributed by atoms with Gasteiger partial charge in [-0.1, -0.05) is 26.8 Å². The van der Waals surface area contributed by atoms with Crippen molar-refractivity contribution in [3.63, 3.8) is 0 Å². The third kappa shape index (κ3) is 4.37. The molecule has 0 aliphatic carbocycles. The number of thioether (sulfide) groups is 1. The topological polar surface area (TPSA) is 58.6 Å². The number of hydrogen-bond acceptors (Lipinski definition) is 4. The van der Waals surface area contributed by atoms with Gasteiger partial charge in [0.2, 0.25) is 0 Å². The van der Waals surface area contributed by atoms with E-state index in [1.807, 2.05) is 6.07 Å². The molecule has 2 atom stereocenters. The molecule has 21 heavy (non-hydrogen) atoms. The molecule has 1 aromatic rings. The fraction of sp³-hybridized carbons (Fsp3) is 0.533. The molecule has 1 heterocycles. The highest BCUT2D eigenvalue weighted by Crippen LogP contribution is 2.32. The molecule has 1 aromatic carbocycles. The van der Waals surface area contributed by atoms with Gasteiger partial charge in [-0.25, -0.2) is 0 Å². The maximum Gasteiger partial charge on any atom is 0.321 e. The summed E-state index contributed by atoms with van der Waals surface area (Å²) in [4.78, 5) is 10.9. The zero-order valence-corrected chi connectivity index (χ0v) is 14.8. The standard InChI is InChI=1S/C15H20BrNO3S/c1-15(2,3)9-4-5-12(10(16)6-9)20-7-13-17-11(8-21-13)14(18)19/h4-6,11,13,17H,7-8H2,1-3H3,(H,18,19). The van der Waals surface area contributed by atoms with Crippen LogP contribution in [0.5, 0.6) is 5.75 Å². The van der Waals surface area contributed by atoms with Crippen molar-refractivity contribution in [1.29, 1.82) is 0 Å². The summed E-state index contributed by atoms with van der Waals surface area (Å²) in [6.07, 6.45) is 0. The van der Waals surface area contributed by atoms with E-state index in [4.69, 9.17) is 9.84 Å². The van der Waals surface area contributed by atoms with Gasteiger partial charge in [0.05, 0.1) is 9.85 Å². The number of carbonyl (C=O) groups is 1. The summed E-state index contributed by atoms with van der Waals surface area (Å²) in [5.41, 5.74) is 1.33. The summed E-state index contributed by atoms with van der Waals surface area (Å²) in [7, 11) is 0. The van der Waals surface area contributed by atoms with Crippen molar-refractivity contribution < 1.29 is 14.6 Å². The van der Waals surface area contributed by atoms with Crippen molar-refractivity contribution >= 4 is 33.7 Å². The number of rotatable bonds is 4. The lowest BCUT2D eigenvalue weighted by molar-refractivity contribution is -0.138. The Kier molecular flexibility index (Phi) is 5.22. The molecule has 1 fully saturated rings. The molecule has 1 saturated heterocycles. The van der Waals surface area contributed by atoms with Crippen LogP contribution < -0.4 is 10.1 Å². The summed E-state index contributed by atoms with van der Waals surface area (Å²) < 4.78 is 6.72.